The number of pyridine rings is 1. The van der Waals surface area contributed by atoms with Crippen molar-refractivity contribution >= 4 is 5.69 Å². The van der Waals surface area contributed by atoms with Gasteiger partial charge < -0.3 is 0 Å². The lowest BCUT2D eigenvalue weighted by atomic mass is 10.0. The Bertz CT molecular complexity index is 468. The smallest absolute Gasteiger partial charge is 0.258 e. The first-order chi connectivity index (χ1) is 8.27. The number of nitro groups is 1. The Labute approximate surface area is 100 Å². The summed E-state index contributed by atoms with van der Waals surface area (Å²) in [5, 5.41) is 10.7. The molecule has 0 N–H and O–H groups in total. The van der Waals surface area contributed by atoms with Gasteiger partial charge in [-0.2, -0.15) is 0 Å². The topological polar surface area (TPSA) is 56.0 Å². The molecular formula is C13H14N2O2. The summed E-state index contributed by atoms with van der Waals surface area (Å²) in [4.78, 5) is 14.2. The molecular weight excluding hydrogens is 216 g/mol. The monoisotopic (exact) mass is 230 g/mol. The summed E-state index contributed by atoms with van der Waals surface area (Å²) in [5.74, 6) is 6.51. The quantitative estimate of drug-likeness (QED) is 0.446. The third-order valence-electron chi connectivity index (χ3n) is 3.06. The van der Waals surface area contributed by atoms with Crippen molar-refractivity contribution in [1.82, 2.24) is 4.98 Å². The average Bonchev–Trinajstić information content (AvgIpc) is 2.82. The molecule has 0 unspecified atom stereocenters. The van der Waals surface area contributed by atoms with Crippen molar-refractivity contribution in [2.24, 2.45) is 5.92 Å². The van der Waals surface area contributed by atoms with E-state index in [0.29, 0.717) is 5.92 Å². The molecule has 1 aromatic heterocycles. The molecule has 0 bridgehead atoms. The summed E-state index contributed by atoms with van der Waals surface area (Å²) in [6.45, 7) is 0. The van der Waals surface area contributed by atoms with Crippen LogP contribution in [0.25, 0.3) is 0 Å². The molecule has 88 valence electrons. The maximum Gasteiger partial charge on any atom is 0.303 e. The van der Waals surface area contributed by atoms with Gasteiger partial charge in [-0.3, -0.25) is 10.1 Å². The lowest BCUT2D eigenvalue weighted by molar-refractivity contribution is -0.385. The van der Waals surface area contributed by atoms with Gasteiger partial charge >= 0.3 is 5.69 Å². The van der Waals surface area contributed by atoms with Crippen molar-refractivity contribution in [2.45, 2.75) is 32.1 Å². The van der Waals surface area contributed by atoms with Gasteiger partial charge in [-0.1, -0.05) is 18.8 Å². The summed E-state index contributed by atoms with van der Waals surface area (Å²) in [5.41, 5.74) is 0.266. The first-order valence-electron chi connectivity index (χ1n) is 5.85. The molecule has 2 rings (SSSR count). The van der Waals surface area contributed by atoms with Crippen LogP contribution in [0.2, 0.25) is 0 Å². The standard InChI is InChI=1S/C13H14N2O2/c16-15(17)13-9-4-10-14-12(13)8-3-7-11-5-1-2-6-11/h4,9-11H,1-2,5-7H2. The molecule has 0 atom stereocenters. The molecule has 0 saturated heterocycles. The molecule has 4 heteroatoms. The molecule has 1 saturated carbocycles. The zero-order valence-electron chi connectivity index (χ0n) is 9.56. The van der Waals surface area contributed by atoms with E-state index in [-0.39, 0.29) is 11.4 Å². The highest BCUT2D eigenvalue weighted by Gasteiger charge is 2.14. The van der Waals surface area contributed by atoms with Crippen LogP contribution in [0.15, 0.2) is 18.3 Å². The van der Waals surface area contributed by atoms with Gasteiger partial charge in [-0.05, 0) is 30.7 Å². The molecule has 4 nitrogen and oxygen atoms in total. The van der Waals surface area contributed by atoms with E-state index in [1.807, 2.05) is 0 Å². The van der Waals surface area contributed by atoms with Gasteiger partial charge in [0.25, 0.3) is 0 Å². The summed E-state index contributed by atoms with van der Waals surface area (Å²) in [7, 11) is 0. The summed E-state index contributed by atoms with van der Waals surface area (Å²) in [6, 6.07) is 2.99. The second-order valence-corrected chi connectivity index (χ2v) is 4.28. The Balaban J connectivity index is 2.07. The predicted octanol–water partition coefficient (Wildman–Crippen LogP) is 2.92. The number of nitrogens with zero attached hydrogens (tertiary/aromatic N) is 2. The van der Waals surface area contributed by atoms with Gasteiger partial charge in [-0.25, -0.2) is 4.98 Å². The van der Waals surface area contributed by atoms with Crippen LogP contribution in [0.3, 0.4) is 0 Å². The van der Waals surface area contributed by atoms with Crippen LogP contribution in [0.5, 0.6) is 0 Å². The van der Waals surface area contributed by atoms with E-state index in [2.05, 4.69) is 16.8 Å². The molecule has 0 spiro atoms. The third kappa shape index (κ3) is 3.04. The molecule has 1 aromatic rings. The molecule has 0 amide bonds. The summed E-state index contributed by atoms with van der Waals surface area (Å²) in [6.07, 6.45) is 7.41. The van der Waals surface area contributed by atoms with Crippen LogP contribution in [-0.4, -0.2) is 9.91 Å². The van der Waals surface area contributed by atoms with Gasteiger partial charge in [0.1, 0.15) is 0 Å². The van der Waals surface area contributed by atoms with Crippen LogP contribution in [-0.2, 0) is 0 Å². The molecule has 1 heterocycles. The highest BCUT2D eigenvalue weighted by molar-refractivity contribution is 5.45. The maximum absolute atomic E-state index is 10.7. The van der Waals surface area contributed by atoms with Crippen molar-refractivity contribution in [2.75, 3.05) is 0 Å². The van der Waals surface area contributed by atoms with Crippen LogP contribution in [0, 0.1) is 27.9 Å². The Morgan fingerprint density at radius 1 is 1.47 bits per heavy atom. The SMILES string of the molecule is O=[N+]([O-])c1cccnc1C#CCC1CCCC1. The van der Waals surface area contributed by atoms with E-state index in [0.717, 1.165) is 6.42 Å². The second kappa shape index (κ2) is 5.44. The summed E-state index contributed by atoms with van der Waals surface area (Å²) >= 11 is 0. The third-order valence-corrected chi connectivity index (χ3v) is 3.06. The number of hydrogen-bond donors (Lipinski definition) is 0. The largest absolute Gasteiger partial charge is 0.303 e. The van der Waals surface area contributed by atoms with Gasteiger partial charge in [-0.15, -0.1) is 0 Å². The zero-order valence-corrected chi connectivity index (χ0v) is 9.56. The van der Waals surface area contributed by atoms with Gasteiger partial charge in [0.05, 0.1) is 4.92 Å². The highest BCUT2D eigenvalue weighted by Crippen LogP contribution is 2.27. The molecule has 1 aliphatic carbocycles. The fraction of sp³-hybridized carbons (Fsp3) is 0.462. The van der Waals surface area contributed by atoms with Crippen molar-refractivity contribution in [1.29, 1.82) is 0 Å². The molecule has 0 radical (unpaired) electrons. The van der Waals surface area contributed by atoms with Crippen molar-refractivity contribution in [3.8, 4) is 11.8 Å². The van der Waals surface area contributed by atoms with Crippen LogP contribution < -0.4 is 0 Å². The number of hydrogen-bond acceptors (Lipinski definition) is 3. The Morgan fingerprint density at radius 2 is 2.24 bits per heavy atom. The first kappa shape index (κ1) is 11.6. The van der Waals surface area contributed by atoms with Gasteiger partial charge in [0.2, 0.25) is 0 Å². The van der Waals surface area contributed by atoms with E-state index >= 15 is 0 Å². The van der Waals surface area contributed by atoms with Gasteiger partial charge in [0.15, 0.2) is 5.69 Å². The molecule has 0 aliphatic heterocycles. The summed E-state index contributed by atoms with van der Waals surface area (Å²) < 4.78 is 0. The zero-order chi connectivity index (χ0) is 12.1. The van der Waals surface area contributed by atoms with E-state index in [1.54, 1.807) is 6.07 Å². The maximum atomic E-state index is 10.7. The van der Waals surface area contributed by atoms with Crippen molar-refractivity contribution < 1.29 is 4.92 Å². The molecule has 1 fully saturated rings. The van der Waals surface area contributed by atoms with Crippen molar-refractivity contribution in [3.05, 3.63) is 34.1 Å². The number of aromatic nitrogens is 1. The predicted molar refractivity (Wildman–Crippen MR) is 64.3 cm³/mol. The normalized spacial score (nSPS) is 15.3. The Kier molecular flexibility index (Phi) is 3.71. The minimum atomic E-state index is -0.438. The lowest BCUT2D eigenvalue weighted by Crippen LogP contribution is -1.94. The second-order valence-electron chi connectivity index (χ2n) is 4.28. The van der Waals surface area contributed by atoms with Crippen molar-refractivity contribution in [3.63, 3.8) is 0 Å². The van der Waals surface area contributed by atoms with E-state index < -0.39 is 4.92 Å². The minimum Gasteiger partial charge on any atom is -0.258 e. The fourth-order valence-electron chi connectivity index (χ4n) is 2.13. The minimum absolute atomic E-state index is 0.00794. The van der Waals surface area contributed by atoms with Crippen LogP contribution >= 0.6 is 0 Å². The van der Waals surface area contributed by atoms with E-state index in [4.69, 9.17) is 0 Å². The lowest BCUT2D eigenvalue weighted by Gasteiger charge is -2.00. The first-order valence-corrected chi connectivity index (χ1v) is 5.85. The van der Waals surface area contributed by atoms with Gasteiger partial charge in [0, 0.05) is 18.7 Å². The van der Waals surface area contributed by atoms with Crippen LogP contribution in [0.1, 0.15) is 37.8 Å². The highest BCUT2D eigenvalue weighted by atomic mass is 16.6. The molecule has 1 aliphatic rings. The Hall–Kier alpha value is -1.89. The Morgan fingerprint density at radius 3 is 2.94 bits per heavy atom. The molecule has 0 aromatic carbocycles. The average molecular weight is 230 g/mol. The molecule has 17 heavy (non-hydrogen) atoms. The fourth-order valence-corrected chi connectivity index (χ4v) is 2.13. The number of rotatable bonds is 2. The van der Waals surface area contributed by atoms with E-state index in [1.165, 1.54) is 37.9 Å². The van der Waals surface area contributed by atoms with Crippen LogP contribution in [0.4, 0.5) is 5.69 Å². The van der Waals surface area contributed by atoms with E-state index in [9.17, 15) is 10.1 Å².